The first-order chi connectivity index (χ1) is 9.79. The summed E-state index contributed by atoms with van der Waals surface area (Å²) in [7, 11) is -3.25. The van der Waals surface area contributed by atoms with Crippen LogP contribution < -0.4 is 5.32 Å². The van der Waals surface area contributed by atoms with Crippen molar-refractivity contribution in [1.29, 1.82) is 0 Å². The Balaban J connectivity index is 2.22. The van der Waals surface area contributed by atoms with E-state index < -0.39 is 9.84 Å². The molecule has 1 aromatic carbocycles. The molecule has 6 nitrogen and oxygen atoms in total. The lowest BCUT2D eigenvalue weighted by atomic mass is 10.2. The van der Waals surface area contributed by atoms with Crippen LogP contribution in [0.5, 0.6) is 0 Å². The lowest BCUT2D eigenvalue weighted by Gasteiger charge is -2.08. The van der Waals surface area contributed by atoms with Gasteiger partial charge >= 0.3 is 0 Å². The predicted octanol–water partition coefficient (Wildman–Crippen LogP) is 1.75. The quantitative estimate of drug-likeness (QED) is 0.933. The Labute approximate surface area is 123 Å². The van der Waals surface area contributed by atoms with E-state index in [1.807, 2.05) is 0 Å². The van der Waals surface area contributed by atoms with E-state index >= 15 is 0 Å². The van der Waals surface area contributed by atoms with Gasteiger partial charge < -0.3 is 5.32 Å². The molecule has 1 amide bonds. The maximum atomic E-state index is 12.1. The van der Waals surface area contributed by atoms with Crippen molar-refractivity contribution < 1.29 is 13.2 Å². The maximum absolute atomic E-state index is 12.1. The molecule has 0 radical (unpaired) electrons. The molecule has 0 aliphatic rings. The van der Waals surface area contributed by atoms with Crippen molar-refractivity contribution in [2.45, 2.75) is 18.7 Å². The third-order valence-corrected chi connectivity index (χ3v) is 4.22. The number of carbonyl (C=O) groups is 1. The van der Waals surface area contributed by atoms with Gasteiger partial charge in [-0.15, -0.1) is 0 Å². The summed E-state index contributed by atoms with van der Waals surface area (Å²) in [5.41, 5.74) is 2.25. The van der Waals surface area contributed by atoms with Gasteiger partial charge in [0.25, 0.3) is 5.91 Å². The number of hydrogen-bond acceptors (Lipinski definition) is 5. The molecular weight excluding hydrogens is 290 g/mol. The summed E-state index contributed by atoms with van der Waals surface area (Å²) in [6.07, 6.45) is 2.47. The number of benzene rings is 1. The Kier molecular flexibility index (Phi) is 4.04. The highest BCUT2D eigenvalue weighted by molar-refractivity contribution is 7.90. The van der Waals surface area contributed by atoms with Gasteiger partial charge in [-0.05, 0) is 38.1 Å². The number of nitrogens with one attached hydrogen (secondary N) is 1. The van der Waals surface area contributed by atoms with Crippen molar-refractivity contribution in [2.75, 3.05) is 11.6 Å². The zero-order valence-electron chi connectivity index (χ0n) is 11.9. The third kappa shape index (κ3) is 3.43. The summed E-state index contributed by atoms with van der Waals surface area (Å²) in [4.78, 5) is 20.3. The number of sulfone groups is 1. The van der Waals surface area contributed by atoms with Crippen LogP contribution >= 0.6 is 0 Å². The van der Waals surface area contributed by atoms with Crippen molar-refractivity contribution in [3.05, 3.63) is 47.5 Å². The molecule has 21 heavy (non-hydrogen) atoms. The first-order valence-electron chi connectivity index (χ1n) is 6.18. The molecule has 1 heterocycles. The average molecular weight is 305 g/mol. The second kappa shape index (κ2) is 5.61. The molecule has 0 bridgehead atoms. The van der Waals surface area contributed by atoms with Gasteiger partial charge in [-0.3, -0.25) is 4.79 Å². The highest BCUT2D eigenvalue weighted by Gasteiger charge is 2.13. The van der Waals surface area contributed by atoms with Gasteiger partial charge in [-0.2, -0.15) is 0 Å². The van der Waals surface area contributed by atoms with Crippen LogP contribution in [0.3, 0.4) is 0 Å². The molecule has 0 atom stereocenters. The molecular formula is C14H15N3O3S. The number of anilines is 1. The van der Waals surface area contributed by atoms with Crippen molar-refractivity contribution >= 4 is 21.4 Å². The van der Waals surface area contributed by atoms with Gasteiger partial charge in [-0.25, -0.2) is 18.4 Å². The second-order valence-corrected chi connectivity index (χ2v) is 6.70. The lowest BCUT2D eigenvalue weighted by Crippen LogP contribution is -2.16. The van der Waals surface area contributed by atoms with Crippen molar-refractivity contribution in [3.8, 4) is 0 Å². The predicted molar refractivity (Wildman–Crippen MR) is 79.0 cm³/mol. The number of carbonyl (C=O) groups excluding carboxylic acids is 1. The molecule has 2 rings (SSSR count). The molecule has 0 spiro atoms. The number of rotatable bonds is 3. The minimum Gasteiger partial charge on any atom is -0.321 e. The van der Waals surface area contributed by atoms with Gasteiger partial charge in [0.2, 0.25) is 0 Å². The van der Waals surface area contributed by atoms with Crippen molar-refractivity contribution in [2.24, 2.45) is 0 Å². The Bertz CT molecular complexity index is 784. The maximum Gasteiger partial charge on any atom is 0.274 e. The van der Waals surface area contributed by atoms with Crippen molar-refractivity contribution in [3.63, 3.8) is 0 Å². The van der Waals surface area contributed by atoms with Crippen LogP contribution in [0.2, 0.25) is 0 Å². The van der Waals surface area contributed by atoms with E-state index in [9.17, 15) is 13.2 Å². The van der Waals surface area contributed by atoms with Crippen LogP contribution in [-0.4, -0.2) is 30.5 Å². The van der Waals surface area contributed by atoms with Crippen LogP contribution in [0.1, 0.15) is 21.7 Å². The highest BCUT2D eigenvalue weighted by Crippen LogP contribution is 2.15. The number of aromatic nitrogens is 2. The molecule has 2 aromatic rings. The van der Waals surface area contributed by atoms with Crippen LogP contribution in [-0.2, 0) is 9.84 Å². The molecule has 0 aliphatic heterocycles. The smallest absolute Gasteiger partial charge is 0.274 e. The van der Waals surface area contributed by atoms with Gasteiger partial charge in [0.15, 0.2) is 9.84 Å². The Hall–Kier alpha value is -2.28. The largest absolute Gasteiger partial charge is 0.321 e. The van der Waals surface area contributed by atoms with Gasteiger partial charge in [0.1, 0.15) is 12.0 Å². The van der Waals surface area contributed by atoms with Crippen LogP contribution in [0.25, 0.3) is 0 Å². The second-order valence-electron chi connectivity index (χ2n) is 4.68. The van der Waals surface area contributed by atoms with Crippen LogP contribution in [0.4, 0.5) is 5.69 Å². The third-order valence-electron chi connectivity index (χ3n) is 3.09. The number of nitrogens with zero attached hydrogens (tertiary/aromatic N) is 2. The molecule has 0 saturated carbocycles. The fourth-order valence-electron chi connectivity index (χ4n) is 1.74. The van der Waals surface area contributed by atoms with E-state index in [0.29, 0.717) is 16.9 Å². The fraction of sp³-hybridized carbons (Fsp3) is 0.214. The van der Waals surface area contributed by atoms with Crippen LogP contribution in [0.15, 0.2) is 35.5 Å². The van der Waals surface area contributed by atoms with Crippen molar-refractivity contribution in [1.82, 2.24) is 9.97 Å². The summed E-state index contributed by atoms with van der Waals surface area (Å²) in [5.74, 6) is -0.356. The molecule has 0 saturated heterocycles. The van der Waals surface area contributed by atoms with E-state index in [0.717, 1.165) is 11.9 Å². The minimum atomic E-state index is -3.25. The van der Waals surface area contributed by atoms with E-state index in [-0.39, 0.29) is 10.8 Å². The normalized spacial score (nSPS) is 11.2. The average Bonchev–Trinajstić information content (AvgIpc) is 2.41. The standard InChI is InChI=1S/C14H15N3O3S/c1-9-10(2)15-8-16-13(9)14(18)17-11-4-6-12(7-5-11)21(3,19)20/h4-8H,1-3H3,(H,17,18). The molecule has 0 unspecified atom stereocenters. The summed E-state index contributed by atoms with van der Waals surface area (Å²) >= 11 is 0. The zero-order chi connectivity index (χ0) is 15.6. The number of aryl methyl sites for hydroxylation is 1. The monoisotopic (exact) mass is 305 g/mol. The molecule has 0 aliphatic carbocycles. The van der Waals surface area contributed by atoms with Crippen LogP contribution in [0, 0.1) is 13.8 Å². The minimum absolute atomic E-state index is 0.203. The van der Waals surface area contributed by atoms with E-state index in [2.05, 4.69) is 15.3 Å². The summed E-state index contributed by atoms with van der Waals surface area (Å²) < 4.78 is 22.7. The SMILES string of the molecule is Cc1ncnc(C(=O)Nc2ccc(S(C)(=O)=O)cc2)c1C. The number of hydrogen-bond donors (Lipinski definition) is 1. The summed E-state index contributed by atoms with van der Waals surface area (Å²) in [6, 6.07) is 5.97. The molecule has 1 N–H and O–H groups in total. The molecule has 110 valence electrons. The van der Waals surface area contributed by atoms with Gasteiger partial charge in [0.05, 0.1) is 4.90 Å². The van der Waals surface area contributed by atoms with Gasteiger partial charge in [-0.1, -0.05) is 0 Å². The van der Waals surface area contributed by atoms with E-state index in [4.69, 9.17) is 0 Å². The zero-order valence-corrected chi connectivity index (χ0v) is 12.7. The topological polar surface area (TPSA) is 89.0 Å². The Morgan fingerprint density at radius 2 is 1.71 bits per heavy atom. The molecule has 7 heteroatoms. The van der Waals surface area contributed by atoms with E-state index in [1.54, 1.807) is 13.8 Å². The first kappa shape index (κ1) is 15.1. The first-order valence-corrected chi connectivity index (χ1v) is 8.08. The lowest BCUT2D eigenvalue weighted by molar-refractivity contribution is 0.102. The number of amides is 1. The summed E-state index contributed by atoms with van der Waals surface area (Å²) in [6.45, 7) is 3.58. The fourth-order valence-corrected chi connectivity index (χ4v) is 2.37. The molecule has 1 aromatic heterocycles. The van der Waals surface area contributed by atoms with E-state index in [1.165, 1.54) is 30.6 Å². The molecule has 0 fully saturated rings. The Morgan fingerprint density at radius 3 is 2.29 bits per heavy atom. The highest BCUT2D eigenvalue weighted by atomic mass is 32.2. The summed E-state index contributed by atoms with van der Waals surface area (Å²) in [5, 5.41) is 2.68. The van der Waals surface area contributed by atoms with Gasteiger partial charge in [0, 0.05) is 23.2 Å². The Morgan fingerprint density at radius 1 is 1.10 bits per heavy atom.